The molecule has 0 bridgehead atoms. The highest BCUT2D eigenvalue weighted by atomic mass is 31.2. The number of esters is 2. The molecule has 0 fully saturated rings. The highest BCUT2D eigenvalue weighted by molar-refractivity contribution is 7.99. The van der Waals surface area contributed by atoms with Gasteiger partial charge in [-0.05, 0) is 81.6 Å². The summed E-state index contributed by atoms with van der Waals surface area (Å²) < 4.78 is 19.1. The van der Waals surface area contributed by atoms with E-state index in [4.69, 9.17) is 9.47 Å². The summed E-state index contributed by atoms with van der Waals surface area (Å²) in [5.41, 5.74) is 2.59. The van der Waals surface area contributed by atoms with E-state index in [-0.39, 0.29) is 13.2 Å². The minimum Gasteiger partial charge on any atom is -0.462 e. The van der Waals surface area contributed by atoms with Crippen LogP contribution in [0.25, 0.3) is 0 Å². The summed E-state index contributed by atoms with van der Waals surface area (Å²) in [5.74, 6) is 0.964. The predicted molar refractivity (Wildman–Crippen MR) is 121 cm³/mol. The monoisotopic (exact) mass is 434 g/mol. The molecule has 28 heavy (non-hydrogen) atoms. The summed E-state index contributed by atoms with van der Waals surface area (Å²) in [6.45, 7) is 4.00. The fraction of sp³-hybridized carbons (Fsp3) is 0.667. The SMILES string of the molecule is CCOC(=O)C1=C(C(=O)OCC)P(N(C)C)(N(C)C)=CP(N(C)C)(N(C)C)=C1. The average molecular weight is 434 g/mol. The zero-order chi connectivity index (χ0) is 21.9. The van der Waals surface area contributed by atoms with Gasteiger partial charge in [0.15, 0.2) is 0 Å². The molecule has 0 aliphatic carbocycles. The maximum Gasteiger partial charge on any atom is 0.341 e. The van der Waals surface area contributed by atoms with E-state index in [1.807, 2.05) is 71.5 Å². The maximum absolute atomic E-state index is 13.1. The number of carbonyl (C=O) groups excluding carboxylic acids is 2. The van der Waals surface area contributed by atoms with Crippen molar-refractivity contribution in [2.75, 3.05) is 69.6 Å². The minimum absolute atomic E-state index is 0.237. The Balaban J connectivity index is 4.22. The Morgan fingerprint density at radius 2 is 1.21 bits per heavy atom. The van der Waals surface area contributed by atoms with Gasteiger partial charge >= 0.3 is 11.9 Å². The van der Waals surface area contributed by atoms with Crippen LogP contribution in [0, 0.1) is 0 Å². The Hall–Kier alpha value is -0.880. The van der Waals surface area contributed by atoms with Crippen LogP contribution in [0.2, 0.25) is 0 Å². The quantitative estimate of drug-likeness (QED) is 0.424. The molecule has 0 aromatic rings. The topological polar surface area (TPSA) is 65.6 Å². The summed E-state index contributed by atoms with van der Waals surface area (Å²) >= 11 is 0. The Kier molecular flexibility index (Phi) is 8.76. The van der Waals surface area contributed by atoms with Gasteiger partial charge in [-0.15, -0.1) is 0 Å². The number of hydrogen-bond acceptors (Lipinski definition) is 8. The normalized spacial score (nSPS) is 18.4. The van der Waals surface area contributed by atoms with E-state index in [1.54, 1.807) is 13.8 Å². The van der Waals surface area contributed by atoms with Gasteiger partial charge < -0.3 is 9.47 Å². The lowest BCUT2D eigenvalue weighted by molar-refractivity contribution is -0.140. The average Bonchev–Trinajstić information content (AvgIpc) is 2.59. The van der Waals surface area contributed by atoms with Gasteiger partial charge in [0.05, 0.1) is 26.0 Å². The molecule has 0 spiro atoms. The number of ether oxygens (including phenoxy) is 2. The fourth-order valence-corrected chi connectivity index (χ4v) is 13.5. The minimum atomic E-state index is -2.51. The molecule has 0 aromatic carbocycles. The molecule has 0 N–H and O–H groups in total. The second-order valence-corrected chi connectivity index (χ2v) is 14.7. The van der Waals surface area contributed by atoms with Crippen LogP contribution in [0.5, 0.6) is 0 Å². The molecule has 0 aromatic heterocycles. The molecule has 0 unspecified atom stereocenters. The van der Waals surface area contributed by atoms with Crippen molar-refractivity contribution >= 4 is 37.6 Å². The third kappa shape index (κ3) is 4.33. The third-order valence-corrected chi connectivity index (χ3v) is 14.1. The fourth-order valence-electron chi connectivity index (χ4n) is 3.32. The second kappa shape index (κ2) is 9.75. The summed E-state index contributed by atoms with van der Waals surface area (Å²) in [7, 11) is 11.1. The highest BCUT2D eigenvalue weighted by Gasteiger charge is 2.44. The van der Waals surface area contributed by atoms with Gasteiger partial charge in [-0.25, -0.2) is 9.59 Å². The van der Waals surface area contributed by atoms with Gasteiger partial charge in [-0.1, -0.05) is 0 Å². The van der Waals surface area contributed by atoms with Gasteiger partial charge in [-0.3, -0.25) is 18.7 Å². The van der Waals surface area contributed by atoms with Crippen LogP contribution in [0.3, 0.4) is 0 Å². The zero-order valence-corrected chi connectivity index (χ0v) is 20.7. The van der Waals surface area contributed by atoms with Gasteiger partial charge in [0.25, 0.3) is 0 Å². The lowest BCUT2D eigenvalue weighted by Crippen LogP contribution is -2.35. The molecule has 0 saturated heterocycles. The molecule has 1 aliphatic rings. The van der Waals surface area contributed by atoms with Gasteiger partial charge in [0.1, 0.15) is 5.31 Å². The van der Waals surface area contributed by atoms with E-state index in [1.165, 1.54) is 0 Å². The molecule has 1 heterocycles. The predicted octanol–water partition coefficient (Wildman–Crippen LogP) is 1.88. The van der Waals surface area contributed by atoms with E-state index in [0.717, 1.165) is 0 Å². The first-order valence-electron chi connectivity index (χ1n) is 9.22. The molecule has 1 rings (SSSR count). The number of rotatable bonds is 8. The van der Waals surface area contributed by atoms with Gasteiger partial charge in [0, 0.05) is 7.19 Å². The Morgan fingerprint density at radius 3 is 1.57 bits per heavy atom. The van der Waals surface area contributed by atoms with E-state index >= 15 is 0 Å². The Bertz CT molecular complexity index is 731. The van der Waals surface area contributed by atoms with Crippen molar-refractivity contribution in [2.45, 2.75) is 13.8 Å². The van der Waals surface area contributed by atoms with E-state index in [2.05, 4.69) is 14.9 Å². The van der Waals surface area contributed by atoms with Crippen molar-refractivity contribution in [3.63, 3.8) is 0 Å². The summed E-state index contributed by atoms with van der Waals surface area (Å²) in [4.78, 5) is 26.1. The summed E-state index contributed by atoms with van der Waals surface area (Å²) in [6, 6.07) is 0. The third-order valence-electron chi connectivity index (χ3n) is 4.70. The highest BCUT2D eigenvalue weighted by Crippen LogP contribution is 2.68. The smallest absolute Gasteiger partial charge is 0.341 e. The van der Waals surface area contributed by atoms with Gasteiger partial charge in [0.2, 0.25) is 0 Å². The Labute approximate surface area is 170 Å². The van der Waals surface area contributed by atoms with E-state index < -0.39 is 26.3 Å². The van der Waals surface area contributed by atoms with E-state index in [0.29, 0.717) is 10.9 Å². The lowest BCUT2D eigenvalue weighted by atomic mass is 10.3. The number of carbonyl (C=O) groups is 2. The first-order valence-corrected chi connectivity index (χ1v) is 12.8. The maximum atomic E-state index is 13.1. The van der Waals surface area contributed by atoms with Crippen LogP contribution in [0.4, 0.5) is 0 Å². The summed E-state index contributed by atoms with van der Waals surface area (Å²) in [6.07, 6.45) is 0. The number of nitrogens with zero attached hydrogens (tertiary/aromatic N) is 4. The van der Waals surface area contributed by atoms with Crippen LogP contribution in [0.15, 0.2) is 10.9 Å². The van der Waals surface area contributed by atoms with Crippen molar-refractivity contribution in [2.24, 2.45) is 0 Å². The molecule has 0 atom stereocenters. The first-order chi connectivity index (χ1) is 12.9. The van der Waals surface area contributed by atoms with Crippen LogP contribution in [-0.2, 0) is 19.1 Å². The summed E-state index contributed by atoms with van der Waals surface area (Å²) in [5, 5.41) is 0.391. The molecular formula is C18H36N4O4P2. The van der Waals surface area contributed by atoms with Crippen molar-refractivity contribution in [3.05, 3.63) is 10.9 Å². The molecule has 162 valence electrons. The largest absolute Gasteiger partial charge is 0.462 e. The zero-order valence-electron chi connectivity index (χ0n) is 18.9. The van der Waals surface area contributed by atoms with Crippen LogP contribution >= 0.6 is 14.4 Å². The van der Waals surface area contributed by atoms with Gasteiger partial charge in [-0.2, -0.15) is 0 Å². The molecule has 8 nitrogen and oxygen atoms in total. The lowest BCUT2D eigenvalue weighted by Gasteiger charge is -2.47. The van der Waals surface area contributed by atoms with Crippen molar-refractivity contribution in [1.29, 1.82) is 0 Å². The first kappa shape index (κ1) is 25.2. The standard InChI is InChI=1S/C18H36N4O4P2/c1-11-25-17(23)15-13-27(19(3)4,20(5)6)14-28(21(7)8,22(9)10)16(15)18(24)26-12-2/h13-14H,11-12H2,1-10H3. The molecule has 1 aliphatic heterocycles. The van der Waals surface area contributed by atoms with Crippen molar-refractivity contribution < 1.29 is 19.1 Å². The van der Waals surface area contributed by atoms with Crippen LogP contribution < -0.4 is 0 Å². The molecule has 0 amide bonds. The van der Waals surface area contributed by atoms with Crippen LogP contribution in [0.1, 0.15) is 13.8 Å². The number of hydrogen-bond donors (Lipinski definition) is 0. The van der Waals surface area contributed by atoms with Crippen molar-refractivity contribution in [3.8, 4) is 0 Å². The molecule has 0 radical (unpaired) electrons. The van der Waals surface area contributed by atoms with Crippen molar-refractivity contribution in [1.82, 2.24) is 18.7 Å². The molecule has 10 heteroatoms. The van der Waals surface area contributed by atoms with E-state index in [9.17, 15) is 9.59 Å². The Morgan fingerprint density at radius 1 is 0.786 bits per heavy atom. The second-order valence-electron chi connectivity index (χ2n) is 7.19. The van der Waals surface area contributed by atoms with Crippen LogP contribution in [-0.4, -0.2) is 112 Å². The molecule has 0 saturated carbocycles. The molecular weight excluding hydrogens is 398 g/mol.